The molecule has 11 heteroatoms. The minimum Gasteiger partial charge on any atom is -0.492 e. The number of ether oxygens (including phenoxy) is 1. The topological polar surface area (TPSA) is 111 Å². The number of anilines is 1. The summed E-state index contributed by atoms with van der Waals surface area (Å²) in [5, 5.41) is 4.12. The maximum atomic E-state index is 13.1. The number of para-hydroxylation sites is 1. The molecule has 0 unspecified atom stereocenters. The van der Waals surface area contributed by atoms with Crippen LogP contribution in [-0.2, 0) is 20.0 Å². The Morgan fingerprint density at radius 1 is 1.03 bits per heavy atom. The molecular weight excluding hydrogens is 452 g/mol. The van der Waals surface area contributed by atoms with Crippen molar-refractivity contribution in [1.82, 2.24) is 14.1 Å². The van der Waals surface area contributed by atoms with Gasteiger partial charge in [0, 0.05) is 13.1 Å². The normalized spacial score (nSPS) is 15.0. The number of aromatic nitrogens is 2. The highest BCUT2D eigenvalue weighted by atomic mass is 32.2. The molecule has 1 fully saturated rings. The van der Waals surface area contributed by atoms with Crippen LogP contribution in [0.25, 0.3) is 5.69 Å². The second kappa shape index (κ2) is 8.93. The van der Waals surface area contributed by atoms with E-state index in [4.69, 9.17) is 4.74 Å². The van der Waals surface area contributed by atoms with E-state index in [0.29, 0.717) is 18.8 Å². The zero-order valence-electron chi connectivity index (χ0n) is 17.5. The summed E-state index contributed by atoms with van der Waals surface area (Å²) < 4.78 is 62.9. The van der Waals surface area contributed by atoms with Gasteiger partial charge in [-0.2, -0.15) is 9.40 Å². The Morgan fingerprint density at radius 2 is 1.75 bits per heavy atom. The number of benzene rings is 2. The van der Waals surface area contributed by atoms with E-state index in [2.05, 4.69) is 9.82 Å². The van der Waals surface area contributed by atoms with Crippen LogP contribution >= 0.6 is 0 Å². The Kier molecular flexibility index (Phi) is 6.22. The van der Waals surface area contributed by atoms with Gasteiger partial charge < -0.3 is 4.74 Å². The van der Waals surface area contributed by atoms with E-state index in [-0.39, 0.29) is 27.8 Å². The minimum absolute atomic E-state index is 0.0424. The van der Waals surface area contributed by atoms with Crippen LogP contribution in [0.3, 0.4) is 0 Å². The van der Waals surface area contributed by atoms with E-state index in [1.165, 1.54) is 39.6 Å². The van der Waals surface area contributed by atoms with Crippen molar-refractivity contribution in [3.8, 4) is 11.4 Å². The molecule has 9 nitrogen and oxygen atoms in total. The van der Waals surface area contributed by atoms with Crippen molar-refractivity contribution >= 4 is 25.7 Å². The van der Waals surface area contributed by atoms with Crippen LogP contribution in [0.15, 0.2) is 70.7 Å². The molecule has 1 aliphatic rings. The second-order valence-corrected chi connectivity index (χ2v) is 10.9. The predicted molar refractivity (Wildman–Crippen MR) is 120 cm³/mol. The van der Waals surface area contributed by atoms with Crippen molar-refractivity contribution in [3.63, 3.8) is 0 Å². The van der Waals surface area contributed by atoms with Crippen LogP contribution in [0.4, 0.5) is 5.69 Å². The Bertz CT molecular complexity index is 1300. The molecule has 170 valence electrons. The molecule has 0 aliphatic carbocycles. The molecule has 1 N–H and O–H groups in total. The van der Waals surface area contributed by atoms with Gasteiger partial charge in [-0.05, 0) is 50.1 Å². The monoisotopic (exact) mass is 476 g/mol. The standard InChI is InChI=1S/C21H24N4O5S2/c1-2-30-20-11-10-17(14-21(20)32(28,29)24-12-6-7-13-24)23-31(26,27)19-15-22-25(16-19)18-8-4-3-5-9-18/h3-5,8-11,14-16,23H,2,6-7,12-13H2,1H3. The molecule has 0 spiro atoms. The summed E-state index contributed by atoms with van der Waals surface area (Å²) >= 11 is 0. The van der Waals surface area contributed by atoms with Crippen LogP contribution in [-0.4, -0.2) is 50.6 Å². The molecule has 0 amide bonds. The SMILES string of the molecule is CCOc1ccc(NS(=O)(=O)c2cnn(-c3ccccc3)c2)cc1S(=O)(=O)N1CCCC1. The molecule has 4 rings (SSSR count). The number of hydrogen-bond donors (Lipinski definition) is 1. The van der Waals surface area contributed by atoms with Crippen LogP contribution in [0.5, 0.6) is 5.75 Å². The fraction of sp³-hybridized carbons (Fsp3) is 0.286. The number of nitrogens with one attached hydrogen (secondary N) is 1. The first-order valence-electron chi connectivity index (χ1n) is 10.2. The van der Waals surface area contributed by atoms with E-state index in [9.17, 15) is 16.8 Å². The third kappa shape index (κ3) is 4.50. The Balaban J connectivity index is 1.65. The van der Waals surface area contributed by atoms with Gasteiger partial charge in [-0.3, -0.25) is 4.72 Å². The largest absolute Gasteiger partial charge is 0.492 e. The molecule has 32 heavy (non-hydrogen) atoms. The summed E-state index contributed by atoms with van der Waals surface area (Å²) in [5.74, 6) is 0.194. The Labute approximate surface area is 187 Å². The second-order valence-electron chi connectivity index (χ2n) is 7.27. The molecule has 0 atom stereocenters. The molecule has 3 aromatic rings. The molecule has 1 aliphatic heterocycles. The molecule has 1 aromatic heterocycles. The predicted octanol–water partition coefficient (Wildman–Crippen LogP) is 2.86. The number of rotatable bonds is 8. The highest BCUT2D eigenvalue weighted by molar-refractivity contribution is 7.92. The summed E-state index contributed by atoms with van der Waals surface area (Å²) in [6.07, 6.45) is 4.22. The molecule has 2 aromatic carbocycles. The van der Waals surface area contributed by atoms with E-state index in [1.807, 2.05) is 18.2 Å². The fourth-order valence-corrected chi connectivity index (χ4v) is 6.15. The van der Waals surface area contributed by atoms with Crippen molar-refractivity contribution in [1.29, 1.82) is 0 Å². The highest BCUT2D eigenvalue weighted by Crippen LogP contribution is 2.32. The lowest BCUT2D eigenvalue weighted by Crippen LogP contribution is -2.28. The lowest BCUT2D eigenvalue weighted by atomic mass is 10.3. The van der Waals surface area contributed by atoms with Gasteiger partial charge in [0.25, 0.3) is 10.0 Å². The lowest BCUT2D eigenvalue weighted by Gasteiger charge is -2.19. The van der Waals surface area contributed by atoms with Gasteiger partial charge in [-0.15, -0.1) is 0 Å². The number of nitrogens with zero attached hydrogens (tertiary/aromatic N) is 3. The summed E-state index contributed by atoms with van der Waals surface area (Å²) in [6.45, 7) is 2.91. The van der Waals surface area contributed by atoms with Gasteiger partial charge in [0.1, 0.15) is 15.5 Å². The van der Waals surface area contributed by atoms with Crippen LogP contribution in [0.2, 0.25) is 0 Å². The van der Waals surface area contributed by atoms with E-state index < -0.39 is 20.0 Å². The van der Waals surface area contributed by atoms with Crippen molar-refractivity contribution in [2.75, 3.05) is 24.4 Å². The summed E-state index contributed by atoms with van der Waals surface area (Å²) in [5.41, 5.74) is 0.840. The van der Waals surface area contributed by atoms with Gasteiger partial charge >= 0.3 is 0 Å². The summed E-state index contributed by atoms with van der Waals surface area (Å²) in [7, 11) is -7.80. The van der Waals surface area contributed by atoms with Crippen molar-refractivity contribution < 1.29 is 21.6 Å². The van der Waals surface area contributed by atoms with Gasteiger partial charge in [-0.1, -0.05) is 18.2 Å². The zero-order chi connectivity index (χ0) is 22.8. The van der Waals surface area contributed by atoms with Crippen LogP contribution in [0, 0.1) is 0 Å². The van der Waals surface area contributed by atoms with Gasteiger partial charge in [0.05, 0.1) is 30.4 Å². The van der Waals surface area contributed by atoms with E-state index in [1.54, 1.807) is 19.1 Å². The maximum absolute atomic E-state index is 13.1. The molecule has 0 saturated carbocycles. The van der Waals surface area contributed by atoms with Crippen molar-refractivity contribution in [2.45, 2.75) is 29.6 Å². The molecule has 1 saturated heterocycles. The first-order chi connectivity index (χ1) is 15.3. The van der Waals surface area contributed by atoms with Crippen molar-refractivity contribution in [2.24, 2.45) is 0 Å². The Morgan fingerprint density at radius 3 is 2.44 bits per heavy atom. The third-order valence-electron chi connectivity index (χ3n) is 5.07. The molecular formula is C21H24N4O5S2. The first-order valence-corrected chi connectivity index (χ1v) is 13.1. The number of sulfonamides is 2. The van der Waals surface area contributed by atoms with Crippen LogP contribution in [0.1, 0.15) is 19.8 Å². The molecule has 2 heterocycles. The third-order valence-corrected chi connectivity index (χ3v) is 8.32. The first kappa shape index (κ1) is 22.3. The Hall–Kier alpha value is -2.89. The molecule has 0 radical (unpaired) electrons. The van der Waals surface area contributed by atoms with Gasteiger partial charge in [0.2, 0.25) is 10.0 Å². The van der Waals surface area contributed by atoms with Crippen molar-refractivity contribution in [3.05, 3.63) is 60.9 Å². The van der Waals surface area contributed by atoms with Gasteiger partial charge in [-0.25, -0.2) is 21.5 Å². The quantitative estimate of drug-likeness (QED) is 0.535. The average molecular weight is 477 g/mol. The minimum atomic E-state index is -3.99. The number of hydrogen-bond acceptors (Lipinski definition) is 6. The summed E-state index contributed by atoms with van der Waals surface area (Å²) in [6, 6.07) is 13.4. The smallest absolute Gasteiger partial charge is 0.265 e. The zero-order valence-corrected chi connectivity index (χ0v) is 19.1. The lowest BCUT2D eigenvalue weighted by molar-refractivity contribution is 0.330. The van der Waals surface area contributed by atoms with E-state index in [0.717, 1.165) is 12.8 Å². The summed E-state index contributed by atoms with van der Waals surface area (Å²) in [4.78, 5) is -0.0966. The fourth-order valence-electron chi connectivity index (χ4n) is 3.50. The maximum Gasteiger partial charge on any atom is 0.265 e. The highest BCUT2D eigenvalue weighted by Gasteiger charge is 2.31. The molecule has 0 bridgehead atoms. The average Bonchev–Trinajstić information content (AvgIpc) is 3.48. The van der Waals surface area contributed by atoms with Crippen LogP contribution < -0.4 is 9.46 Å². The van der Waals surface area contributed by atoms with Gasteiger partial charge in [0.15, 0.2) is 0 Å². The van der Waals surface area contributed by atoms with E-state index >= 15 is 0 Å².